The van der Waals surface area contributed by atoms with E-state index < -0.39 is 0 Å². The lowest BCUT2D eigenvalue weighted by atomic mass is 10.1. The number of rotatable bonds is 5. The number of piperidine rings is 1. The summed E-state index contributed by atoms with van der Waals surface area (Å²) in [5.41, 5.74) is 0.832. The monoisotopic (exact) mass is 328 g/mol. The molecule has 2 aromatic rings. The zero-order chi connectivity index (χ0) is 15.9. The van der Waals surface area contributed by atoms with E-state index in [4.69, 9.17) is 0 Å². The second-order valence-electron chi connectivity index (χ2n) is 5.46. The average Bonchev–Trinajstić information content (AvgIpc) is 3.13. The topological polar surface area (TPSA) is 58.1 Å². The molecule has 0 spiro atoms. The van der Waals surface area contributed by atoms with E-state index in [-0.39, 0.29) is 5.91 Å². The maximum Gasteiger partial charge on any atom is 0.244 e. The number of nitrogens with one attached hydrogen (secondary N) is 1. The van der Waals surface area contributed by atoms with Gasteiger partial charge in [-0.25, -0.2) is 9.97 Å². The summed E-state index contributed by atoms with van der Waals surface area (Å²) in [7, 11) is 0. The van der Waals surface area contributed by atoms with Gasteiger partial charge in [0, 0.05) is 30.2 Å². The van der Waals surface area contributed by atoms with Gasteiger partial charge in [0.15, 0.2) is 0 Å². The highest BCUT2D eigenvalue weighted by molar-refractivity contribution is 7.10. The predicted molar refractivity (Wildman–Crippen MR) is 93.3 cm³/mol. The largest absolute Gasteiger partial charge is 0.347 e. The van der Waals surface area contributed by atoms with E-state index in [1.54, 1.807) is 23.6 Å². The molecule has 0 unspecified atom stereocenters. The zero-order valence-electron chi connectivity index (χ0n) is 12.9. The molecule has 5 nitrogen and oxygen atoms in total. The number of aromatic nitrogens is 2. The summed E-state index contributed by atoms with van der Waals surface area (Å²) < 4.78 is 0. The van der Waals surface area contributed by atoms with Gasteiger partial charge in [0.05, 0.1) is 12.2 Å². The van der Waals surface area contributed by atoms with Crippen LogP contribution >= 0.6 is 11.3 Å². The Morgan fingerprint density at radius 3 is 2.96 bits per heavy atom. The summed E-state index contributed by atoms with van der Waals surface area (Å²) in [5.74, 6) is 0.655. The highest BCUT2D eigenvalue weighted by Gasteiger charge is 2.13. The summed E-state index contributed by atoms with van der Waals surface area (Å²) in [6, 6.07) is 5.78. The van der Waals surface area contributed by atoms with E-state index in [1.807, 2.05) is 29.7 Å². The Kier molecular flexibility index (Phi) is 5.37. The van der Waals surface area contributed by atoms with Crippen molar-refractivity contribution in [1.29, 1.82) is 0 Å². The molecular weight excluding hydrogens is 308 g/mol. The quantitative estimate of drug-likeness (QED) is 0.858. The molecule has 0 atom stereocenters. The summed E-state index contributed by atoms with van der Waals surface area (Å²) >= 11 is 1.60. The molecule has 1 aliphatic rings. The van der Waals surface area contributed by atoms with Crippen LogP contribution in [0.1, 0.15) is 29.8 Å². The third-order valence-corrected chi connectivity index (χ3v) is 4.56. The smallest absolute Gasteiger partial charge is 0.244 e. The van der Waals surface area contributed by atoms with Crippen LogP contribution in [0.4, 0.5) is 5.95 Å². The zero-order valence-corrected chi connectivity index (χ0v) is 13.8. The lowest BCUT2D eigenvalue weighted by Gasteiger charge is -2.26. The molecule has 0 radical (unpaired) electrons. The molecule has 2 aromatic heterocycles. The summed E-state index contributed by atoms with van der Waals surface area (Å²) in [5, 5.41) is 4.85. The Morgan fingerprint density at radius 2 is 2.17 bits per heavy atom. The van der Waals surface area contributed by atoms with E-state index in [0.717, 1.165) is 29.6 Å². The minimum Gasteiger partial charge on any atom is -0.347 e. The van der Waals surface area contributed by atoms with Gasteiger partial charge in [0.2, 0.25) is 11.9 Å². The highest BCUT2D eigenvalue weighted by Crippen LogP contribution is 2.15. The van der Waals surface area contributed by atoms with Gasteiger partial charge in [-0.15, -0.1) is 11.3 Å². The SMILES string of the molecule is O=C(/C=C/c1cccs1)NCc1ccnc(N2CCCCC2)n1. The van der Waals surface area contributed by atoms with Crippen LogP contribution in [-0.4, -0.2) is 29.0 Å². The van der Waals surface area contributed by atoms with E-state index in [0.29, 0.717) is 6.54 Å². The van der Waals surface area contributed by atoms with Crippen molar-refractivity contribution in [3.8, 4) is 0 Å². The minimum absolute atomic E-state index is 0.114. The molecule has 1 N–H and O–H groups in total. The lowest BCUT2D eigenvalue weighted by Crippen LogP contribution is -2.31. The summed E-state index contributed by atoms with van der Waals surface area (Å²) in [4.78, 5) is 24.0. The Balaban J connectivity index is 1.54. The second-order valence-corrected chi connectivity index (χ2v) is 6.44. The maximum atomic E-state index is 11.9. The Bertz CT molecular complexity index is 663. The van der Waals surface area contributed by atoms with Crippen LogP contribution in [0, 0.1) is 0 Å². The molecule has 1 aliphatic heterocycles. The molecule has 3 rings (SSSR count). The maximum absolute atomic E-state index is 11.9. The Hall–Kier alpha value is -2.21. The van der Waals surface area contributed by atoms with Crippen LogP contribution in [0.15, 0.2) is 35.9 Å². The van der Waals surface area contributed by atoms with Gasteiger partial charge in [-0.3, -0.25) is 4.79 Å². The summed E-state index contributed by atoms with van der Waals surface area (Å²) in [6.07, 6.45) is 8.80. The molecule has 1 saturated heterocycles. The van der Waals surface area contributed by atoms with Crippen LogP contribution in [0.3, 0.4) is 0 Å². The number of hydrogen-bond acceptors (Lipinski definition) is 5. The molecule has 1 amide bonds. The Labute approximate surface area is 140 Å². The van der Waals surface area contributed by atoms with E-state index in [2.05, 4.69) is 20.2 Å². The Morgan fingerprint density at radius 1 is 1.30 bits per heavy atom. The first kappa shape index (κ1) is 15.7. The van der Waals surface area contributed by atoms with Gasteiger partial charge in [-0.2, -0.15) is 0 Å². The molecule has 23 heavy (non-hydrogen) atoms. The van der Waals surface area contributed by atoms with Crippen molar-refractivity contribution in [2.75, 3.05) is 18.0 Å². The van der Waals surface area contributed by atoms with Gasteiger partial charge in [-0.05, 0) is 42.9 Å². The van der Waals surface area contributed by atoms with Gasteiger partial charge in [-0.1, -0.05) is 6.07 Å². The van der Waals surface area contributed by atoms with E-state index in [9.17, 15) is 4.79 Å². The van der Waals surface area contributed by atoms with Gasteiger partial charge < -0.3 is 10.2 Å². The van der Waals surface area contributed by atoms with Crippen LogP contribution in [0.5, 0.6) is 0 Å². The first-order chi connectivity index (χ1) is 11.3. The molecule has 0 saturated carbocycles. The summed E-state index contributed by atoms with van der Waals surface area (Å²) in [6.45, 7) is 2.44. The molecule has 6 heteroatoms. The number of nitrogens with zero attached hydrogens (tertiary/aromatic N) is 3. The molecule has 0 bridgehead atoms. The number of carbonyl (C=O) groups excluding carboxylic acids is 1. The van der Waals surface area contributed by atoms with Crippen LogP contribution < -0.4 is 10.2 Å². The minimum atomic E-state index is -0.114. The predicted octanol–water partition coefficient (Wildman–Crippen LogP) is 2.86. The third kappa shape index (κ3) is 4.63. The molecule has 1 fully saturated rings. The van der Waals surface area contributed by atoms with Crippen LogP contribution in [-0.2, 0) is 11.3 Å². The molecule has 0 aromatic carbocycles. The van der Waals surface area contributed by atoms with Crippen molar-refractivity contribution in [1.82, 2.24) is 15.3 Å². The first-order valence-electron chi connectivity index (χ1n) is 7.87. The van der Waals surface area contributed by atoms with Crippen molar-refractivity contribution in [2.45, 2.75) is 25.8 Å². The highest BCUT2D eigenvalue weighted by atomic mass is 32.1. The number of thiophene rings is 1. The number of carbonyl (C=O) groups is 1. The molecule has 3 heterocycles. The van der Waals surface area contributed by atoms with E-state index >= 15 is 0 Å². The van der Waals surface area contributed by atoms with Crippen LogP contribution in [0.25, 0.3) is 6.08 Å². The third-order valence-electron chi connectivity index (χ3n) is 3.73. The number of anilines is 1. The van der Waals surface area contributed by atoms with Crippen molar-refractivity contribution in [2.24, 2.45) is 0 Å². The van der Waals surface area contributed by atoms with Gasteiger partial charge in [0.25, 0.3) is 0 Å². The normalized spacial score (nSPS) is 15.0. The average molecular weight is 328 g/mol. The number of amides is 1. The molecular formula is C17H20N4OS. The lowest BCUT2D eigenvalue weighted by molar-refractivity contribution is -0.116. The standard InChI is InChI=1S/C17H20N4OS/c22-16(7-6-15-5-4-12-23-15)19-13-14-8-9-18-17(20-14)21-10-2-1-3-11-21/h4-9,12H,1-3,10-11,13H2,(H,19,22)/b7-6+. The first-order valence-corrected chi connectivity index (χ1v) is 8.75. The fourth-order valence-corrected chi connectivity index (χ4v) is 3.13. The van der Waals surface area contributed by atoms with Crippen molar-refractivity contribution in [3.63, 3.8) is 0 Å². The number of hydrogen-bond donors (Lipinski definition) is 1. The van der Waals surface area contributed by atoms with Crippen molar-refractivity contribution < 1.29 is 4.79 Å². The van der Waals surface area contributed by atoms with E-state index in [1.165, 1.54) is 19.3 Å². The second kappa shape index (κ2) is 7.87. The van der Waals surface area contributed by atoms with Gasteiger partial charge in [0.1, 0.15) is 0 Å². The fraction of sp³-hybridized carbons (Fsp3) is 0.353. The van der Waals surface area contributed by atoms with Crippen LogP contribution in [0.2, 0.25) is 0 Å². The van der Waals surface area contributed by atoms with Crippen molar-refractivity contribution in [3.05, 3.63) is 46.4 Å². The fourth-order valence-electron chi connectivity index (χ4n) is 2.51. The molecule has 120 valence electrons. The van der Waals surface area contributed by atoms with Crippen molar-refractivity contribution >= 4 is 29.3 Å². The molecule has 0 aliphatic carbocycles. The van der Waals surface area contributed by atoms with Gasteiger partial charge >= 0.3 is 0 Å².